The van der Waals surface area contributed by atoms with Crippen LogP contribution in [0.4, 0.5) is 0 Å². The summed E-state index contributed by atoms with van der Waals surface area (Å²) >= 11 is 2.11. The van der Waals surface area contributed by atoms with Gasteiger partial charge >= 0.3 is 0 Å². The third-order valence-corrected chi connectivity index (χ3v) is 7.54. The third-order valence-electron chi connectivity index (χ3n) is 6.22. The number of hydrogen-bond donors (Lipinski definition) is 2. The van der Waals surface area contributed by atoms with E-state index in [4.69, 9.17) is 4.99 Å². The number of likely N-dealkylation sites (N-methyl/N-ethyl adjacent to an activating group) is 1. The summed E-state index contributed by atoms with van der Waals surface area (Å²) in [6, 6.07) is 0.625. The molecule has 7 atom stereocenters. The third kappa shape index (κ3) is 3.26. The van der Waals surface area contributed by atoms with E-state index in [-0.39, 0.29) is 0 Å². The predicted molar refractivity (Wildman–Crippen MR) is 99.0 cm³/mol. The average Bonchev–Trinajstić information content (AvgIpc) is 3.23. The van der Waals surface area contributed by atoms with Crippen LogP contribution in [-0.2, 0) is 0 Å². The summed E-state index contributed by atoms with van der Waals surface area (Å²) in [4.78, 5) is 7.24. The van der Waals surface area contributed by atoms with Crippen molar-refractivity contribution in [2.75, 3.05) is 32.9 Å². The van der Waals surface area contributed by atoms with Crippen LogP contribution in [0.3, 0.4) is 0 Å². The van der Waals surface area contributed by atoms with E-state index < -0.39 is 0 Å². The summed E-state index contributed by atoms with van der Waals surface area (Å²) in [5.41, 5.74) is 0. The predicted octanol–water partition coefficient (Wildman–Crippen LogP) is 1.80. The maximum atomic E-state index is 4.91. The maximum absolute atomic E-state index is 4.91. The van der Waals surface area contributed by atoms with Crippen molar-refractivity contribution in [1.82, 2.24) is 15.5 Å². The van der Waals surface area contributed by atoms with Crippen molar-refractivity contribution in [3.05, 3.63) is 12.2 Å². The number of nitrogens with zero attached hydrogens (tertiary/aromatic N) is 2. The van der Waals surface area contributed by atoms with Gasteiger partial charge in [-0.1, -0.05) is 12.2 Å². The van der Waals surface area contributed by atoms with Gasteiger partial charge in [0.2, 0.25) is 0 Å². The number of fused-ring (bicyclic) bond motifs is 1. The number of nitrogens with one attached hydrogen (secondary N) is 2. The Labute approximate surface area is 144 Å². The van der Waals surface area contributed by atoms with Crippen molar-refractivity contribution in [3.63, 3.8) is 0 Å². The number of aliphatic imine (C=N–C) groups is 1. The van der Waals surface area contributed by atoms with Crippen LogP contribution in [0.5, 0.6) is 0 Å². The number of allylic oxidation sites excluding steroid dienone is 1. The van der Waals surface area contributed by atoms with Gasteiger partial charge in [-0.2, -0.15) is 0 Å². The summed E-state index contributed by atoms with van der Waals surface area (Å²) in [5.74, 6) is 4.07. The lowest BCUT2D eigenvalue weighted by Crippen LogP contribution is -2.39. The molecule has 0 aromatic rings. The summed E-state index contributed by atoms with van der Waals surface area (Å²) in [7, 11) is 4.37. The minimum absolute atomic E-state index is 0.376. The molecule has 23 heavy (non-hydrogen) atoms. The van der Waals surface area contributed by atoms with Crippen LogP contribution in [0.2, 0.25) is 0 Å². The van der Waals surface area contributed by atoms with E-state index in [1.807, 2.05) is 0 Å². The van der Waals surface area contributed by atoms with Gasteiger partial charge in [0.15, 0.2) is 0 Å². The van der Waals surface area contributed by atoms with Gasteiger partial charge in [-0.25, -0.2) is 0 Å². The fourth-order valence-corrected chi connectivity index (χ4v) is 6.06. The second-order valence-electron chi connectivity index (χ2n) is 7.78. The first-order valence-corrected chi connectivity index (χ1v) is 10.2. The Morgan fingerprint density at radius 3 is 2.70 bits per heavy atom. The van der Waals surface area contributed by atoms with Crippen LogP contribution >= 0.6 is 11.8 Å². The lowest BCUT2D eigenvalue weighted by atomic mass is 9.75. The quantitative estimate of drug-likeness (QED) is 0.772. The van der Waals surface area contributed by atoms with E-state index in [2.05, 4.69) is 59.8 Å². The van der Waals surface area contributed by atoms with Crippen molar-refractivity contribution in [2.24, 2.45) is 28.7 Å². The van der Waals surface area contributed by atoms with Gasteiger partial charge in [-0.3, -0.25) is 10.3 Å². The van der Waals surface area contributed by atoms with Gasteiger partial charge in [0.05, 0.1) is 5.37 Å². The molecule has 2 N–H and O–H groups in total. The van der Waals surface area contributed by atoms with Crippen molar-refractivity contribution >= 4 is 18.0 Å². The molecule has 128 valence electrons. The van der Waals surface area contributed by atoms with E-state index in [0.717, 1.165) is 12.5 Å². The summed E-state index contributed by atoms with van der Waals surface area (Å²) in [5, 5.41) is 8.00. The largest absolute Gasteiger partial charge is 0.304 e. The average molecular weight is 335 g/mol. The van der Waals surface area contributed by atoms with Crippen LogP contribution in [0.15, 0.2) is 17.1 Å². The number of thioether (sulfide) groups is 1. The molecule has 3 aliphatic heterocycles. The Hall–Kier alpha value is -0.360. The van der Waals surface area contributed by atoms with E-state index in [0.29, 0.717) is 35.3 Å². The first-order valence-electron chi connectivity index (χ1n) is 9.19. The monoisotopic (exact) mass is 334 g/mol. The molecule has 0 bridgehead atoms. The molecule has 1 aliphatic carbocycles. The van der Waals surface area contributed by atoms with Crippen molar-refractivity contribution in [2.45, 2.75) is 36.8 Å². The first kappa shape index (κ1) is 16.1. The Bertz CT molecular complexity index is 472. The van der Waals surface area contributed by atoms with Crippen molar-refractivity contribution in [3.8, 4) is 0 Å². The molecular weight excluding hydrogens is 304 g/mol. The molecule has 5 heteroatoms. The Balaban J connectivity index is 1.42. The van der Waals surface area contributed by atoms with Crippen LogP contribution < -0.4 is 10.6 Å². The zero-order chi connectivity index (χ0) is 15.8. The van der Waals surface area contributed by atoms with Crippen molar-refractivity contribution in [1.29, 1.82) is 0 Å². The molecule has 2 fully saturated rings. The molecule has 4 nitrogen and oxygen atoms in total. The number of hydrogen-bond acceptors (Lipinski definition) is 5. The Kier molecular flexibility index (Phi) is 4.81. The smallest absolute Gasteiger partial charge is 0.102 e. The fourth-order valence-electron chi connectivity index (χ4n) is 4.79. The highest BCUT2D eigenvalue weighted by Crippen LogP contribution is 2.41. The molecule has 7 unspecified atom stereocenters. The lowest BCUT2D eigenvalue weighted by Gasteiger charge is -2.36. The zero-order valence-corrected chi connectivity index (χ0v) is 15.1. The SMILES string of the molecule is CN(C)C1C=CC(C2C=NC3NCC(C4NCCS4)C3C2)CC1. The van der Waals surface area contributed by atoms with Crippen molar-refractivity contribution < 1.29 is 0 Å². The van der Waals surface area contributed by atoms with Crippen LogP contribution in [0.1, 0.15) is 19.3 Å². The van der Waals surface area contributed by atoms with Gasteiger partial charge < -0.3 is 10.2 Å². The highest BCUT2D eigenvalue weighted by molar-refractivity contribution is 8.00. The summed E-state index contributed by atoms with van der Waals surface area (Å²) < 4.78 is 0. The van der Waals surface area contributed by atoms with Gasteiger partial charge in [-0.05, 0) is 39.3 Å². The van der Waals surface area contributed by atoms with Crippen LogP contribution in [0, 0.1) is 23.7 Å². The highest BCUT2D eigenvalue weighted by Gasteiger charge is 2.44. The molecule has 2 saturated heterocycles. The molecule has 4 rings (SSSR count). The first-order chi connectivity index (χ1) is 11.2. The standard InChI is InChI=1S/C18H30N4S/c1-22(2)14-5-3-12(4-6-14)13-9-15-16(18-19-7-8-23-18)11-21-17(15)20-10-13/h3,5,10,12-19,21H,4,6-9,11H2,1-2H3. The second kappa shape index (κ2) is 6.87. The summed E-state index contributed by atoms with van der Waals surface area (Å²) in [6.07, 6.45) is 11.5. The van der Waals surface area contributed by atoms with E-state index in [9.17, 15) is 0 Å². The Morgan fingerprint density at radius 2 is 2.00 bits per heavy atom. The molecule has 0 aromatic heterocycles. The van der Waals surface area contributed by atoms with E-state index in [1.165, 1.54) is 31.6 Å². The van der Waals surface area contributed by atoms with Crippen LogP contribution in [0.25, 0.3) is 0 Å². The van der Waals surface area contributed by atoms with E-state index >= 15 is 0 Å². The van der Waals surface area contributed by atoms with E-state index in [1.54, 1.807) is 0 Å². The lowest BCUT2D eigenvalue weighted by molar-refractivity contribution is 0.241. The summed E-state index contributed by atoms with van der Waals surface area (Å²) in [6.45, 7) is 2.31. The molecule has 4 aliphatic rings. The Morgan fingerprint density at radius 1 is 1.09 bits per heavy atom. The molecule has 0 spiro atoms. The number of rotatable bonds is 3. The molecule has 0 saturated carbocycles. The van der Waals surface area contributed by atoms with Gasteiger partial charge in [0.25, 0.3) is 0 Å². The molecular formula is C18H30N4S. The normalized spacial score (nSPS) is 46.5. The zero-order valence-electron chi connectivity index (χ0n) is 14.3. The highest BCUT2D eigenvalue weighted by atomic mass is 32.2. The topological polar surface area (TPSA) is 39.7 Å². The van der Waals surface area contributed by atoms with Gasteiger partial charge in [0.1, 0.15) is 6.17 Å². The minimum Gasteiger partial charge on any atom is -0.304 e. The fraction of sp³-hybridized carbons (Fsp3) is 0.833. The van der Waals surface area contributed by atoms with Gasteiger partial charge in [0, 0.05) is 48.9 Å². The second-order valence-corrected chi connectivity index (χ2v) is 9.03. The van der Waals surface area contributed by atoms with Gasteiger partial charge in [-0.15, -0.1) is 11.8 Å². The van der Waals surface area contributed by atoms with Crippen LogP contribution in [-0.4, -0.2) is 61.6 Å². The maximum Gasteiger partial charge on any atom is 0.102 e. The minimum atomic E-state index is 0.376. The molecule has 0 amide bonds. The molecule has 0 aromatic carbocycles. The molecule has 0 radical (unpaired) electrons. The molecule has 3 heterocycles.